The first-order valence-corrected chi connectivity index (χ1v) is 8.64. The van der Waals surface area contributed by atoms with E-state index < -0.39 is 5.97 Å². The number of carbonyl (C=O) groups excluding carboxylic acids is 1. The van der Waals surface area contributed by atoms with E-state index in [9.17, 15) is 4.79 Å². The fraction of sp³-hybridized carbons (Fsp3) is 0. The molecule has 138 valence electrons. The zero-order valence-electron chi connectivity index (χ0n) is 14.2. The number of pyridine rings is 1. The van der Waals surface area contributed by atoms with Crippen molar-refractivity contribution in [2.45, 2.75) is 0 Å². The first-order chi connectivity index (χ1) is 13.5. The molecule has 8 heteroatoms. The lowest BCUT2D eigenvalue weighted by Gasteiger charge is -2.04. The molecule has 2 aromatic carbocycles. The van der Waals surface area contributed by atoms with Crippen molar-refractivity contribution < 1.29 is 14.4 Å². The molecule has 0 radical (unpaired) electrons. The third-order valence-corrected chi connectivity index (χ3v) is 4.00. The molecule has 1 aromatic heterocycles. The number of aromatic nitrogens is 1. The average molecular weight is 412 g/mol. The van der Waals surface area contributed by atoms with Crippen LogP contribution in [-0.2, 0) is 4.84 Å². The number of carbonyl (C=O) groups is 1. The number of hydrogen-bond acceptors (Lipinski definition) is 6. The lowest BCUT2D eigenvalue weighted by Crippen LogP contribution is -2.02. The van der Waals surface area contributed by atoms with E-state index in [1.54, 1.807) is 36.4 Å². The molecule has 0 N–H and O–H groups in total. The highest BCUT2D eigenvalue weighted by Crippen LogP contribution is 2.22. The third-order valence-electron chi connectivity index (χ3n) is 3.45. The van der Waals surface area contributed by atoms with Crippen LogP contribution in [0.4, 0.5) is 0 Å². The Balaban J connectivity index is 1.58. The zero-order valence-corrected chi connectivity index (χ0v) is 15.7. The highest BCUT2D eigenvalue weighted by atomic mass is 35.5. The molecule has 3 rings (SSSR count). The molecule has 1 heterocycles. The summed E-state index contributed by atoms with van der Waals surface area (Å²) in [6, 6.07) is 16.5. The molecule has 3 aromatic rings. The third kappa shape index (κ3) is 5.07. The number of ether oxygens (including phenoxy) is 1. The topological polar surface area (TPSA) is 84.6 Å². The average Bonchev–Trinajstić information content (AvgIpc) is 2.70. The maximum Gasteiger partial charge on any atom is 0.367 e. The van der Waals surface area contributed by atoms with Gasteiger partial charge >= 0.3 is 5.97 Å². The minimum absolute atomic E-state index is 0.160. The molecular formula is C20H11Cl2N3O3. The first kappa shape index (κ1) is 19.4. The van der Waals surface area contributed by atoms with Gasteiger partial charge in [0.2, 0.25) is 5.88 Å². The number of benzene rings is 2. The summed E-state index contributed by atoms with van der Waals surface area (Å²) in [6.07, 6.45) is 2.84. The predicted molar refractivity (Wildman–Crippen MR) is 105 cm³/mol. The number of halogens is 2. The molecular weight excluding hydrogens is 401 g/mol. The summed E-state index contributed by atoms with van der Waals surface area (Å²) in [5.74, 6) is 0.222. The molecule has 6 nitrogen and oxygen atoms in total. The number of hydrogen-bond donors (Lipinski definition) is 0. The quantitative estimate of drug-likeness (QED) is 0.325. The van der Waals surface area contributed by atoms with Gasteiger partial charge in [0, 0.05) is 22.8 Å². The second kappa shape index (κ2) is 9.00. The van der Waals surface area contributed by atoms with Gasteiger partial charge in [-0.2, -0.15) is 5.26 Å². The van der Waals surface area contributed by atoms with Crippen LogP contribution in [-0.4, -0.2) is 17.2 Å². The van der Waals surface area contributed by atoms with Crippen LogP contribution in [0.2, 0.25) is 10.0 Å². The number of nitriles is 1. The summed E-state index contributed by atoms with van der Waals surface area (Å²) in [6.45, 7) is 0. The van der Waals surface area contributed by atoms with Gasteiger partial charge in [0.25, 0.3) is 0 Å². The van der Waals surface area contributed by atoms with E-state index in [1.807, 2.05) is 6.07 Å². The van der Waals surface area contributed by atoms with Crippen molar-refractivity contribution in [1.82, 2.24) is 4.98 Å². The normalized spacial score (nSPS) is 10.5. The second-order valence-corrected chi connectivity index (χ2v) is 6.25. The Kier molecular flexibility index (Phi) is 6.22. The van der Waals surface area contributed by atoms with Gasteiger partial charge in [-0.1, -0.05) is 28.4 Å². The fourth-order valence-corrected chi connectivity index (χ4v) is 2.57. The molecule has 0 unspecified atom stereocenters. The van der Waals surface area contributed by atoms with Gasteiger partial charge in [0.1, 0.15) is 5.75 Å². The predicted octanol–water partition coefficient (Wildman–Crippen LogP) is 5.24. The highest BCUT2D eigenvalue weighted by Gasteiger charge is 2.12. The van der Waals surface area contributed by atoms with Crippen molar-refractivity contribution in [2.24, 2.45) is 5.16 Å². The van der Waals surface area contributed by atoms with Crippen molar-refractivity contribution >= 4 is 35.4 Å². The maximum atomic E-state index is 12.0. The Hall–Kier alpha value is -3.40. The van der Waals surface area contributed by atoms with Crippen molar-refractivity contribution in [3.8, 4) is 17.7 Å². The fourth-order valence-electron chi connectivity index (χ4n) is 2.09. The van der Waals surface area contributed by atoms with Crippen molar-refractivity contribution in [3.63, 3.8) is 0 Å². The van der Waals surface area contributed by atoms with Crippen LogP contribution < -0.4 is 4.74 Å². The highest BCUT2D eigenvalue weighted by molar-refractivity contribution is 6.36. The molecule has 0 aliphatic rings. The smallest absolute Gasteiger partial charge is 0.367 e. The van der Waals surface area contributed by atoms with E-state index in [1.165, 1.54) is 30.6 Å². The Morgan fingerprint density at radius 1 is 1.11 bits per heavy atom. The van der Waals surface area contributed by atoms with Crippen LogP contribution in [0, 0.1) is 11.3 Å². The Morgan fingerprint density at radius 3 is 2.54 bits per heavy atom. The molecule has 0 aliphatic heterocycles. The van der Waals surface area contributed by atoms with Gasteiger partial charge in [-0.3, -0.25) is 0 Å². The van der Waals surface area contributed by atoms with Crippen LogP contribution in [0.1, 0.15) is 21.5 Å². The summed E-state index contributed by atoms with van der Waals surface area (Å²) in [5.41, 5.74) is 1.30. The zero-order chi connectivity index (χ0) is 19.9. The van der Waals surface area contributed by atoms with Crippen molar-refractivity contribution in [1.29, 1.82) is 5.26 Å². The van der Waals surface area contributed by atoms with Gasteiger partial charge in [0.05, 0.1) is 28.4 Å². The largest absolute Gasteiger partial charge is 0.439 e. The van der Waals surface area contributed by atoms with E-state index in [0.717, 1.165) is 0 Å². The van der Waals surface area contributed by atoms with Crippen molar-refractivity contribution in [2.75, 3.05) is 0 Å². The maximum absolute atomic E-state index is 12.0. The van der Waals surface area contributed by atoms with Crippen LogP contribution >= 0.6 is 23.2 Å². The molecule has 0 amide bonds. The minimum atomic E-state index is -0.702. The van der Waals surface area contributed by atoms with E-state index in [2.05, 4.69) is 10.1 Å². The van der Waals surface area contributed by atoms with Gasteiger partial charge in [-0.25, -0.2) is 9.78 Å². The summed E-state index contributed by atoms with van der Waals surface area (Å²) < 4.78 is 5.58. The first-order valence-electron chi connectivity index (χ1n) is 7.89. The molecule has 0 bridgehead atoms. The lowest BCUT2D eigenvalue weighted by molar-refractivity contribution is 0.0519. The van der Waals surface area contributed by atoms with E-state index in [0.29, 0.717) is 27.8 Å². The van der Waals surface area contributed by atoms with Gasteiger partial charge in [0.15, 0.2) is 0 Å². The number of oxime groups is 1. The van der Waals surface area contributed by atoms with Crippen LogP contribution in [0.25, 0.3) is 0 Å². The number of nitrogens with zero attached hydrogens (tertiary/aromatic N) is 3. The van der Waals surface area contributed by atoms with Crippen LogP contribution in [0.3, 0.4) is 0 Å². The van der Waals surface area contributed by atoms with E-state index >= 15 is 0 Å². The monoisotopic (exact) mass is 411 g/mol. The molecule has 0 aliphatic carbocycles. The molecule has 0 saturated heterocycles. The van der Waals surface area contributed by atoms with Crippen molar-refractivity contribution in [3.05, 3.63) is 87.5 Å². The lowest BCUT2D eigenvalue weighted by atomic mass is 10.2. The van der Waals surface area contributed by atoms with Gasteiger partial charge < -0.3 is 9.57 Å². The van der Waals surface area contributed by atoms with E-state index in [-0.39, 0.29) is 10.6 Å². The summed E-state index contributed by atoms with van der Waals surface area (Å²) >= 11 is 11.7. The SMILES string of the molecule is N#Cc1ccc(Oc2ccc(/C=N/OC(=O)c3ccc(Cl)cc3Cl)cn2)cc1. The Bertz CT molecular complexity index is 1060. The van der Waals surface area contributed by atoms with Gasteiger partial charge in [-0.05, 0) is 48.5 Å². The standard InChI is InChI=1S/C20H11Cl2N3O3/c21-15-4-7-17(18(22)9-15)20(26)28-25-12-14-3-8-19(24-11-14)27-16-5-1-13(10-23)2-6-16/h1-9,11-12H/b25-12+. The Labute approximate surface area is 170 Å². The number of rotatable bonds is 5. The molecule has 0 spiro atoms. The van der Waals surface area contributed by atoms with Gasteiger partial charge in [-0.15, -0.1) is 0 Å². The Morgan fingerprint density at radius 2 is 1.89 bits per heavy atom. The molecule has 28 heavy (non-hydrogen) atoms. The van der Waals surface area contributed by atoms with E-state index in [4.69, 9.17) is 38.0 Å². The van der Waals surface area contributed by atoms with Crippen LogP contribution in [0.15, 0.2) is 65.9 Å². The molecule has 0 saturated carbocycles. The molecule has 0 fully saturated rings. The molecule has 0 atom stereocenters. The summed E-state index contributed by atoms with van der Waals surface area (Å²) in [4.78, 5) is 20.9. The summed E-state index contributed by atoms with van der Waals surface area (Å²) in [7, 11) is 0. The second-order valence-electron chi connectivity index (χ2n) is 5.41. The minimum Gasteiger partial charge on any atom is -0.439 e. The summed E-state index contributed by atoms with van der Waals surface area (Å²) in [5, 5.41) is 13.0. The van der Waals surface area contributed by atoms with Crippen LogP contribution in [0.5, 0.6) is 11.6 Å².